The zero-order valence-corrected chi connectivity index (χ0v) is 19.0. The number of alkyl halides is 2. The lowest BCUT2D eigenvalue weighted by Gasteiger charge is -2.21. The molecule has 2 aliphatic rings. The number of Topliss-reactive ketones (excluding diaryl/α,β-unsaturated/α-hetero) is 1. The molecule has 0 bridgehead atoms. The molecule has 11 heteroatoms. The first-order chi connectivity index (χ1) is 16.7. The van der Waals surface area contributed by atoms with Crippen LogP contribution in [0.3, 0.4) is 0 Å². The number of nitrogens with zero attached hydrogens (tertiary/aromatic N) is 1. The minimum absolute atomic E-state index is 0.0295. The number of fused-ring (bicyclic) bond motifs is 1. The van der Waals surface area contributed by atoms with Gasteiger partial charge in [0.2, 0.25) is 17.6 Å². The predicted molar refractivity (Wildman–Crippen MR) is 118 cm³/mol. The predicted octanol–water partition coefficient (Wildman–Crippen LogP) is 1.38. The van der Waals surface area contributed by atoms with Crippen molar-refractivity contribution in [2.45, 2.75) is 50.7 Å². The Morgan fingerprint density at radius 2 is 1.86 bits per heavy atom. The molecule has 2 saturated carbocycles. The molecular formula is C24H26F2N4O5. The van der Waals surface area contributed by atoms with Crippen LogP contribution in [0.5, 0.6) is 0 Å². The van der Waals surface area contributed by atoms with Crippen LogP contribution in [0.25, 0.3) is 0 Å². The SMILES string of the molecule is C[C@@H](NC(=O)C1C[C@@H]2[C@H](C1)C2(F)F)C(=O)N[C@H](Cc1ccco1)C(=O)C(=O)NCc1ccccn1. The summed E-state index contributed by atoms with van der Waals surface area (Å²) in [4.78, 5) is 54.6. The molecule has 0 aliphatic heterocycles. The second-order valence-corrected chi connectivity index (χ2v) is 9.00. The highest BCUT2D eigenvalue weighted by Crippen LogP contribution is 2.65. The van der Waals surface area contributed by atoms with E-state index >= 15 is 0 Å². The Labute approximate surface area is 200 Å². The number of halogens is 2. The highest BCUT2D eigenvalue weighted by Gasteiger charge is 2.72. The second-order valence-electron chi connectivity index (χ2n) is 9.00. The number of furan rings is 1. The van der Waals surface area contributed by atoms with Crippen molar-refractivity contribution in [1.82, 2.24) is 20.9 Å². The van der Waals surface area contributed by atoms with Crippen LogP contribution in [0.1, 0.15) is 31.2 Å². The maximum Gasteiger partial charge on any atom is 0.289 e. The number of hydrogen-bond acceptors (Lipinski definition) is 6. The van der Waals surface area contributed by atoms with Crippen molar-refractivity contribution in [3.05, 3.63) is 54.2 Å². The van der Waals surface area contributed by atoms with E-state index in [0.29, 0.717) is 11.5 Å². The molecular weight excluding hydrogens is 462 g/mol. The summed E-state index contributed by atoms with van der Waals surface area (Å²) < 4.78 is 32.0. The molecule has 3 N–H and O–H groups in total. The van der Waals surface area contributed by atoms with E-state index < -0.39 is 59.3 Å². The third kappa shape index (κ3) is 5.55. The summed E-state index contributed by atoms with van der Waals surface area (Å²) in [6.07, 6.45) is 3.07. The van der Waals surface area contributed by atoms with Gasteiger partial charge in [-0.3, -0.25) is 24.2 Å². The molecule has 2 fully saturated rings. The fraction of sp³-hybridized carbons (Fsp3) is 0.458. The Hall–Kier alpha value is -3.63. The van der Waals surface area contributed by atoms with Crippen molar-refractivity contribution in [3.63, 3.8) is 0 Å². The minimum atomic E-state index is -2.68. The van der Waals surface area contributed by atoms with Crippen molar-refractivity contribution in [2.75, 3.05) is 0 Å². The lowest BCUT2D eigenvalue weighted by atomic mass is 10.0. The number of carbonyl (C=O) groups excluding carboxylic acids is 4. The first-order valence-corrected chi connectivity index (χ1v) is 11.4. The van der Waals surface area contributed by atoms with Crippen molar-refractivity contribution in [1.29, 1.82) is 0 Å². The first kappa shape index (κ1) is 24.5. The number of ketones is 1. The molecule has 2 heterocycles. The summed E-state index contributed by atoms with van der Waals surface area (Å²) in [7, 11) is 0. The van der Waals surface area contributed by atoms with E-state index in [1.807, 2.05) is 0 Å². The smallest absolute Gasteiger partial charge is 0.289 e. The number of hydrogen-bond donors (Lipinski definition) is 3. The van der Waals surface area contributed by atoms with Crippen LogP contribution in [0.2, 0.25) is 0 Å². The van der Waals surface area contributed by atoms with Gasteiger partial charge >= 0.3 is 0 Å². The molecule has 0 radical (unpaired) electrons. The van der Waals surface area contributed by atoms with Crippen LogP contribution >= 0.6 is 0 Å². The summed E-state index contributed by atoms with van der Waals surface area (Å²) in [6.45, 7) is 1.45. The molecule has 2 aliphatic carbocycles. The van der Waals surface area contributed by atoms with E-state index in [1.54, 1.807) is 36.5 Å². The summed E-state index contributed by atoms with van der Waals surface area (Å²) in [6, 6.07) is 6.08. The maximum atomic E-state index is 13.4. The highest BCUT2D eigenvalue weighted by atomic mass is 19.3. The normalized spacial score (nSPS) is 23.5. The van der Waals surface area contributed by atoms with Gasteiger partial charge in [0.25, 0.3) is 11.8 Å². The van der Waals surface area contributed by atoms with Crippen LogP contribution in [0, 0.1) is 17.8 Å². The second kappa shape index (κ2) is 9.93. The van der Waals surface area contributed by atoms with Gasteiger partial charge < -0.3 is 20.4 Å². The Bertz CT molecular complexity index is 1080. The summed E-state index contributed by atoms with van der Waals surface area (Å²) in [5, 5.41) is 7.51. The largest absolute Gasteiger partial charge is 0.469 e. The zero-order valence-electron chi connectivity index (χ0n) is 19.0. The van der Waals surface area contributed by atoms with Crippen molar-refractivity contribution in [3.8, 4) is 0 Å². The summed E-state index contributed by atoms with van der Waals surface area (Å²) >= 11 is 0. The van der Waals surface area contributed by atoms with Crippen molar-refractivity contribution < 1.29 is 32.4 Å². The fourth-order valence-corrected chi connectivity index (χ4v) is 4.48. The van der Waals surface area contributed by atoms with Gasteiger partial charge in [-0.1, -0.05) is 6.07 Å². The number of pyridine rings is 1. The van der Waals surface area contributed by atoms with Gasteiger partial charge in [-0.05, 0) is 44.0 Å². The Kier molecular flexibility index (Phi) is 6.95. The minimum Gasteiger partial charge on any atom is -0.469 e. The van der Waals surface area contributed by atoms with Crippen LogP contribution in [-0.4, -0.2) is 46.5 Å². The van der Waals surface area contributed by atoms with Crippen LogP contribution in [0.15, 0.2) is 47.2 Å². The third-order valence-electron chi connectivity index (χ3n) is 6.56. The molecule has 0 saturated heterocycles. The standard InChI is InChI=1S/C24H26F2N4O5/c1-13(29-22(33)14-9-17-18(10-14)24(17,25)26)21(32)30-19(11-16-6-4-8-35-16)20(31)23(34)28-12-15-5-2-3-7-27-15/h2-8,13-14,17-19H,9-12H2,1H3,(H,28,34)(H,29,33)(H,30,32)/t13-,14?,17-,18+,19-/m1/s1. The first-order valence-electron chi connectivity index (χ1n) is 11.4. The highest BCUT2D eigenvalue weighted by molar-refractivity contribution is 6.38. The average molecular weight is 488 g/mol. The lowest BCUT2D eigenvalue weighted by molar-refractivity contribution is -0.140. The quantitative estimate of drug-likeness (QED) is 0.433. The van der Waals surface area contributed by atoms with Gasteiger partial charge in [0.1, 0.15) is 17.8 Å². The van der Waals surface area contributed by atoms with E-state index in [0.717, 1.165) is 0 Å². The molecule has 0 aromatic carbocycles. The topological polar surface area (TPSA) is 130 Å². The fourth-order valence-electron chi connectivity index (χ4n) is 4.48. The average Bonchev–Trinajstić information content (AvgIpc) is 3.32. The van der Waals surface area contributed by atoms with E-state index in [1.165, 1.54) is 13.2 Å². The molecule has 2 aromatic rings. The molecule has 5 atom stereocenters. The molecule has 4 rings (SSSR count). The third-order valence-corrected chi connectivity index (χ3v) is 6.56. The molecule has 2 aromatic heterocycles. The number of aromatic nitrogens is 1. The molecule has 35 heavy (non-hydrogen) atoms. The molecule has 186 valence electrons. The summed E-state index contributed by atoms with van der Waals surface area (Å²) in [5.74, 6) is -7.35. The van der Waals surface area contributed by atoms with Gasteiger partial charge in [-0.25, -0.2) is 8.78 Å². The van der Waals surface area contributed by atoms with Gasteiger partial charge in [-0.2, -0.15) is 0 Å². The lowest BCUT2D eigenvalue weighted by Crippen LogP contribution is -2.54. The zero-order chi connectivity index (χ0) is 25.2. The molecule has 3 amide bonds. The van der Waals surface area contributed by atoms with Gasteiger partial charge in [-0.15, -0.1) is 0 Å². The summed E-state index contributed by atoms with van der Waals surface area (Å²) in [5.41, 5.74) is 0.555. The molecule has 0 spiro atoms. The van der Waals surface area contributed by atoms with Gasteiger partial charge in [0.05, 0.1) is 18.5 Å². The van der Waals surface area contributed by atoms with E-state index in [2.05, 4.69) is 20.9 Å². The molecule has 9 nitrogen and oxygen atoms in total. The van der Waals surface area contributed by atoms with E-state index in [-0.39, 0.29) is 25.8 Å². The number of nitrogens with one attached hydrogen (secondary N) is 3. The molecule has 1 unspecified atom stereocenters. The van der Waals surface area contributed by atoms with Gasteiger partial charge in [0.15, 0.2) is 0 Å². The number of carbonyl (C=O) groups is 4. The number of amides is 3. The maximum absolute atomic E-state index is 13.4. The Morgan fingerprint density at radius 3 is 2.49 bits per heavy atom. The van der Waals surface area contributed by atoms with Gasteiger partial charge in [0, 0.05) is 30.4 Å². The van der Waals surface area contributed by atoms with E-state index in [4.69, 9.17) is 4.42 Å². The van der Waals surface area contributed by atoms with Crippen molar-refractivity contribution >= 4 is 23.5 Å². The Morgan fingerprint density at radius 1 is 1.11 bits per heavy atom. The van der Waals surface area contributed by atoms with Crippen LogP contribution in [0.4, 0.5) is 8.78 Å². The van der Waals surface area contributed by atoms with Crippen LogP contribution in [-0.2, 0) is 32.1 Å². The Balaban J connectivity index is 1.33. The monoisotopic (exact) mass is 488 g/mol. The van der Waals surface area contributed by atoms with Crippen LogP contribution < -0.4 is 16.0 Å². The number of rotatable bonds is 10. The van der Waals surface area contributed by atoms with E-state index in [9.17, 15) is 28.0 Å². The van der Waals surface area contributed by atoms with Crippen molar-refractivity contribution in [2.24, 2.45) is 17.8 Å².